The van der Waals surface area contributed by atoms with Gasteiger partial charge in [0.1, 0.15) is 13.2 Å². The first-order chi connectivity index (χ1) is 32.0. The van der Waals surface area contributed by atoms with Crippen LogP contribution in [-0.4, -0.2) is 37.2 Å². The fourth-order valence-corrected chi connectivity index (χ4v) is 6.07. The summed E-state index contributed by atoms with van der Waals surface area (Å²) in [6, 6.07) is 0. The van der Waals surface area contributed by atoms with Crippen LogP contribution in [0.15, 0.2) is 158 Å². The number of esters is 3. The van der Waals surface area contributed by atoms with E-state index in [0.29, 0.717) is 12.8 Å². The van der Waals surface area contributed by atoms with Crippen molar-refractivity contribution in [1.29, 1.82) is 0 Å². The van der Waals surface area contributed by atoms with Gasteiger partial charge >= 0.3 is 17.9 Å². The summed E-state index contributed by atoms with van der Waals surface area (Å²) in [4.78, 5) is 38.0. The molecular formula is C59H88O6. The lowest BCUT2D eigenvalue weighted by Crippen LogP contribution is -2.30. The Labute approximate surface area is 397 Å². The number of carbonyl (C=O) groups excluding carboxylic acids is 3. The van der Waals surface area contributed by atoms with Gasteiger partial charge in [-0.3, -0.25) is 14.4 Å². The first-order valence-corrected chi connectivity index (χ1v) is 25.2. The second-order valence-electron chi connectivity index (χ2n) is 15.9. The molecule has 0 fully saturated rings. The Morgan fingerprint density at radius 3 is 0.969 bits per heavy atom. The standard InChI is InChI=1S/C59H88O6/c1-4-7-10-13-16-19-22-25-27-28-29-30-32-34-37-40-43-46-49-52-58(61)64-55-56(54-63-57(60)51-48-45-42-39-36-33-24-21-18-15-12-9-6-3)65-59(62)53-50-47-44-41-38-35-31-26-23-20-17-14-11-8-5-2/h7,9-10,12-13,15-30,32-34,36-37,56H,4-6,8,11,14,31,35,38-55H2,1-3H3/b10-7-,12-9-,16-13-,18-15-,20-17-,22-19-,24-21-,26-23-,27-25-,29-28+,32-30-,36-33-,37-34-. The molecule has 0 aliphatic carbocycles. The number of hydrogen-bond acceptors (Lipinski definition) is 6. The quantitative estimate of drug-likeness (QED) is 0.0263. The van der Waals surface area contributed by atoms with E-state index in [1.54, 1.807) is 0 Å². The lowest BCUT2D eigenvalue weighted by atomic mass is 10.1. The van der Waals surface area contributed by atoms with Crippen molar-refractivity contribution in [1.82, 2.24) is 0 Å². The molecule has 0 saturated carbocycles. The molecule has 65 heavy (non-hydrogen) atoms. The molecule has 1 unspecified atom stereocenters. The van der Waals surface area contributed by atoms with Crippen molar-refractivity contribution >= 4 is 17.9 Å². The maximum Gasteiger partial charge on any atom is 0.306 e. The predicted octanol–water partition coefficient (Wildman–Crippen LogP) is 16.6. The smallest absolute Gasteiger partial charge is 0.306 e. The lowest BCUT2D eigenvalue weighted by Gasteiger charge is -2.18. The van der Waals surface area contributed by atoms with Gasteiger partial charge in [-0.2, -0.15) is 0 Å². The van der Waals surface area contributed by atoms with Gasteiger partial charge in [-0.15, -0.1) is 0 Å². The van der Waals surface area contributed by atoms with E-state index in [9.17, 15) is 14.4 Å². The van der Waals surface area contributed by atoms with Crippen molar-refractivity contribution in [2.24, 2.45) is 0 Å². The second kappa shape index (κ2) is 51.7. The highest BCUT2D eigenvalue weighted by Gasteiger charge is 2.19. The van der Waals surface area contributed by atoms with Gasteiger partial charge in [0, 0.05) is 19.3 Å². The Hall–Kier alpha value is -4.97. The monoisotopic (exact) mass is 893 g/mol. The van der Waals surface area contributed by atoms with Crippen LogP contribution in [0.2, 0.25) is 0 Å². The molecule has 0 aliphatic heterocycles. The molecule has 0 N–H and O–H groups in total. The molecule has 0 aromatic heterocycles. The Morgan fingerprint density at radius 1 is 0.323 bits per heavy atom. The summed E-state index contributed by atoms with van der Waals surface area (Å²) in [7, 11) is 0. The van der Waals surface area contributed by atoms with Crippen molar-refractivity contribution in [3.05, 3.63) is 158 Å². The van der Waals surface area contributed by atoms with Gasteiger partial charge in [-0.25, -0.2) is 0 Å². The number of hydrogen-bond donors (Lipinski definition) is 0. The van der Waals surface area contributed by atoms with Crippen LogP contribution in [0.4, 0.5) is 0 Å². The molecule has 0 saturated heterocycles. The Balaban J connectivity index is 4.61. The SMILES string of the molecule is CC\C=C/C=C\C=C/C=C\C=C\C=C/C=C\CCCCCC(=O)OCC(COC(=O)CCCCC\C=C/C=C\C=C/C=C\CC)OC(=O)CCCCCCCC/C=C\C=C/CCCCC. The zero-order chi connectivity index (χ0) is 47.2. The number of ether oxygens (including phenoxy) is 3. The average Bonchev–Trinajstić information content (AvgIpc) is 3.30. The van der Waals surface area contributed by atoms with Gasteiger partial charge in [-0.05, 0) is 83.5 Å². The molecule has 0 radical (unpaired) electrons. The molecule has 0 spiro atoms. The fourth-order valence-electron chi connectivity index (χ4n) is 6.07. The lowest BCUT2D eigenvalue weighted by molar-refractivity contribution is -0.167. The highest BCUT2D eigenvalue weighted by Crippen LogP contribution is 2.12. The third kappa shape index (κ3) is 49.9. The zero-order valence-corrected chi connectivity index (χ0v) is 40.9. The molecule has 6 nitrogen and oxygen atoms in total. The summed E-state index contributed by atoms with van der Waals surface area (Å²) >= 11 is 0. The largest absolute Gasteiger partial charge is 0.462 e. The van der Waals surface area contributed by atoms with Gasteiger partial charge in [0.25, 0.3) is 0 Å². The summed E-state index contributed by atoms with van der Waals surface area (Å²) in [6.45, 7) is 6.20. The van der Waals surface area contributed by atoms with Crippen molar-refractivity contribution in [2.75, 3.05) is 13.2 Å². The van der Waals surface area contributed by atoms with E-state index >= 15 is 0 Å². The van der Waals surface area contributed by atoms with Gasteiger partial charge in [0.2, 0.25) is 0 Å². The van der Waals surface area contributed by atoms with Gasteiger partial charge in [0.05, 0.1) is 0 Å². The Kier molecular flexibility index (Phi) is 47.7. The number of carbonyl (C=O) groups is 3. The van der Waals surface area contributed by atoms with E-state index in [2.05, 4.69) is 69.4 Å². The molecule has 0 rings (SSSR count). The summed E-state index contributed by atoms with van der Waals surface area (Å²) in [5, 5.41) is 0. The van der Waals surface area contributed by atoms with Crippen LogP contribution in [0, 0.1) is 0 Å². The molecule has 1 atom stereocenters. The van der Waals surface area contributed by atoms with E-state index in [-0.39, 0.29) is 44.0 Å². The molecule has 0 aliphatic rings. The number of allylic oxidation sites excluding steroid dienone is 26. The van der Waals surface area contributed by atoms with Crippen LogP contribution < -0.4 is 0 Å². The highest BCUT2D eigenvalue weighted by atomic mass is 16.6. The molecule has 0 amide bonds. The minimum Gasteiger partial charge on any atom is -0.462 e. The minimum absolute atomic E-state index is 0.126. The maximum absolute atomic E-state index is 12.8. The van der Waals surface area contributed by atoms with Gasteiger partial charge < -0.3 is 14.2 Å². The molecule has 0 aromatic carbocycles. The second-order valence-corrected chi connectivity index (χ2v) is 15.9. The van der Waals surface area contributed by atoms with E-state index in [0.717, 1.165) is 96.3 Å². The molecule has 360 valence electrons. The van der Waals surface area contributed by atoms with Crippen LogP contribution in [0.25, 0.3) is 0 Å². The van der Waals surface area contributed by atoms with Crippen LogP contribution in [0.5, 0.6) is 0 Å². The van der Waals surface area contributed by atoms with Crippen molar-refractivity contribution in [3.8, 4) is 0 Å². The third-order valence-corrected chi connectivity index (χ3v) is 9.81. The summed E-state index contributed by atoms with van der Waals surface area (Å²) in [6.07, 6.45) is 75.0. The summed E-state index contributed by atoms with van der Waals surface area (Å²) in [5.74, 6) is -1.03. The van der Waals surface area contributed by atoms with E-state index < -0.39 is 6.10 Å². The van der Waals surface area contributed by atoms with Gasteiger partial charge in [-0.1, -0.05) is 230 Å². The normalized spacial score (nSPS) is 13.5. The summed E-state index contributed by atoms with van der Waals surface area (Å²) < 4.78 is 16.7. The highest BCUT2D eigenvalue weighted by molar-refractivity contribution is 5.71. The molecule has 0 bridgehead atoms. The molecule has 6 heteroatoms. The van der Waals surface area contributed by atoms with Crippen molar-refractivity contribution < 1.29 is 28.6 Å². The van der Waals surface area contributed by atoms with Gasteiger partial charge in [0.15, 0.2) is 6.10 Å². The first kappa shape index (κ1) is 60.0. The van der Waals surface area contributed by atoms with Crippen molar-refractivity contribution in [2.45, 2.75) is 181 Å². The molecular weight excluding hydrogens is 805 g/mol. The number of unbranched alkanes of at least 4 members (excludes halogenated alkanes) is 15. The van der Waals surface area contributed by atoms with E-state index in [1.165, 1.54) is 32.1 Å². The van der Waals surface area contributed by atoms with E-state index in [1.807, 2.05) is 109 Å². The topological polar surface area (TPSA) is 78.9 Å². The molecule has 0 aromatic rings. The predicted molar refractivity (Wildman–Crippen MR) is 278 cm³/mol. The van der Waals surface area contributed by atoms with Crippen LogP contribution in [0.3, 0.4) is 0 Å². The maximum atomic E-state index is 12.8. The van der Waals surface area contributed by atoms with Crippen molar-refractivity contribution in [3.63, 3.8) is 0 Å². The van der Waals surface area contributed by atoms with E-state index in [4.69, 9.17) is 14.2 Å². The van der Waals surface area contributed by atoms with Crippen LogP contribution in [-0.2, 0) is 28.6 Å². The van der Waals surface area contributed by atoms with Crippen LogP contribution in [0.1, 0.15) is 175 Å². The zero-order valence-electron chi connectivity index (χ0n) is 40.9. The average molecular weight is 893 g/mol. The third-order valence-electron chi connectivity index (χ3n) is 9.81. The Morgan fingerprint density at radius 2 is 0.600 bits per heavy atom. The Bertz CT molecular complexity index is 1540. The number of rotatable bonds is 42. The summed E-state index contributed by atoms with van der Waals surface area (Å²) in [5.41, 5.74) is 0. The fraction of sp³-hybridized carbons (Fsp3) is 0.508. The van der Waals surface area contributed by atoms with Crippen LogP contribution >= 0.6 is 0 Å². The minimum atomic E-state index is -0.827. The first-order valence-electron chi connectivity index (χ1n) is 25.2. The molecule has 0 heterocycles.